The summed E-state index contributed by atoms with van der Waals surface area (Å²) < 4.78 is 18.5. The quantitative estimate of drug-likeness (QED) is 0.879. The Balaban J connectivity index is 1.96. The summed E-state index contributed by atoms with van der Waals surface area (Å²) in [6, 6.07) is 12.1. The lowest BCUT2D eigenvalue weighted by Crippen LogP contribution is -2.12. The number of hydrogen-bond donors (Lipinski definition) is 2. The van der Waals surface area contributed by atoms with E-state index in [1.807, 2.05) is 0 Å². The number of nitrogens with one attached hydrogen (secondary N) is 1. The molecule has 0 fully saturated rings. The van der Waals surface area contributed by atoms with E-state index in [1.54, 1.807) is 50.4 Å². The summed E-state index contributed by atoms with van der Waals surface area (Å²) >= 11 is 0. The van der Waals surface area contributed by atoms with Gasteiger partial charge in [-0.2, -0.15) is 0 Å². The van der Waals surface area contributed by atoms with Crippen LogP contribution in [-0.4, -0.2) is 18.8 Å². The normalized spacial score (nSPS) is 12.0. The number of aliphatic hydroxyl groups is 1. The maximum absolute atomic E-state index is 13.4. The van der Waals surface area contributed by atoms with Gasteiger partial charge in [-0.15, -0.1) is 0 Å². The van der Waals surface area contributed by atoms with Crippen LogP contribution in [0, 0.1) is 12.7 Å². The molecule has 0 aliphatic heterocycles. The molecule has 1 unspecified atom stereocenters. The zero-order valence-corrected chi connectivity index (χ0v) is 11.6. The summed E-state index contributed by atoms with van der Waals surface area (Å²) in [5, 5.41) is 13.1. The second-order valence-corrected chi connectivity index (χ2v) is 4.63. The van der Waals surface area contributed by atoms with Crippen LogP contribution in [0.1, 0.15) is 17.2 Å². The largest absolute Gasteiger partial charge is 0.497 e. The third kappa shape index (κ3) is 3.48. The average Bonchev–Trinajstić information content (AvgIpc) is 2.48. The van der Waals surface area contributed by atoms with Crippen LogP contribution in [0.25, 0.3) is 0 Å². The molecule has 0 amide bonds. The second kappa shape index (κ2) is 6.39. The van der Waals surface area contributed by atoms with Crippen LogP contribution in [0.5, 0.6) is 5.75 Å². The van der Waals surface area contributed by atoms with Crippen molar-refractivity contribution in [3.63, 3.8) is 0 Å². The van der Waals surface area contributed by atoms with Crippen molar-refractivity contribution in [2.45, 2.75) is 13.0 Å². The van der Waals surface area contributed by atoms with Crippen LogP contribution in [0.4, 0.5) is 10.1 Å². The van der Waals surface area contributed by atoms with Gasteiger partial charge in [0.15, 0.2) is 0 Å². The minimum Gasteiger partial charge on any atom is -0.497 e. The monoisotopic (exact) mass is 275 g/mol. The number of anilines is 1. The zero-order chi connectivity index (χ0) is 14.5. The number of halogens is 1. The molecule has 0 aliphatic rings. The van der Waals surface area contributed by atoms with Crippen molar-refractivity contribution in [2.75, 3.05) is 19.0 Å². The van der Waals surface area contributed by atoms with Gasteiger partial charge in [-0.3, -0.25) is 0 Å². The third-order valence-electron chi connectivity index (χ3n) is 3.17. The fourth-order valence-electron chi connectivity index (χ4n) is 1.86. The lowest BCUT2D eigenvalue weighted by Gasteiger charge is -2.14. The molecule has 20 heavy (non-hydrogen) atoms. The van der Waals surface area contributed by atoms with Crippen molar-refractivity contribution < 1.29 is 14.2 Å². The van der Waals surface area contributed by atoms with E-state index in [1.165, 1.54) is 6.07 Å². The predicted octanol–water partition coefficient (Wildman–Crippen LogP) is 3.29. The SMILES string of the molecule is COc1ccc(C(O)CNc2ccc(C)c(F)c2)cc1. The summed E-state index contributed by atoms with van der Waals surface area (Å²) in [4.78, 5) is 0. The molecule has 0 heterocycles. The Hall–Kier alpha value is -2.07. The highest BCUT2D eigenvalue weighted by Crippen LogP contribution is 2.19. The Kier molecular flexibility index (Phi) is 4.58. The van der Waals surface area contributed by atoms with E-state index in [2.05, 4.69) is 5.32 Å². The first kappa shape index (κ1) is 14.3. The van der Waals surface area contributed by atoms with Gasteiger partial charge in [0.1, 0.15) is 11.6 Å². The standard InChI is InChI=1S/C16H18FNO2/c1-11-3-6-13(9-15(11)17)18-10-16(19)12-4-7-14(20-2)8-5-12/h3-9,16,18-19H,10H2,1-2H3. The molecule has 0 radical (unpaired) electrons. The number of benzene rings is 2. The molecule has 0 bridgehead atoms. The lowest BCUT2D eigenvalue weighted by molar-refractivity contribution is 0.191. The molecule has 0 saturated heterocycles. The van der Waals surface area contributed by atoms with Gasteiger partial charge in [-0.25, -0.2) is 4.39 Å². The van der Waals surface area contributed by atoms with Crippen LogP contribution in [0.2, 0.25) is 0 Å². The Morgan fingerprint density at radius 1 is 1.20 bits per heavy atom. The maximum atomic E-state index is 13.4. The Morgan fingerprint density at radius 3 is 2.50 bits per heavy atom. The fraction of sp³-hybridized carbons (Fsp3) is 0.250. The zero-order valence-electron chi connectivity index (χ0n) is 11.6. The maximum Gasteiger partial charge on any atom is 0.128 e. The van der Waals surface area contributed by atoms with E-state index in [9.17, 15) is 9.50 Å². The highest BCUT2D eigenvalue weighted by atomic mass is 19.1. The minimum atomic E-state index is -0.662. The summed E-state index contributed by atoms with van der Waals surface area (Å²) in [6.45, 7) is 2.03. The van der Waals surface area contributed by atoms with Gasteiger partial charge in [0.2, 0.25) is 0 Å². The molecule has 2 aromatic carbocycles. The van der Waals surface area contributed by atoms with Gasteiger partial charge in [0, 0.05) is 12.2 Å². The van der Waals surface area contributed by atoms with Gasteiger partial charge in [-0.1, -0.05) is 18.2 Å². The third-order valence-corrected chi connectivity index (χ3v) is 3.17. The molecule has 2 rings (SSSR count). The Bertz CT molecular complexity index is 569. The number of methoxy groups -OCH3 is 1. The predicted molar refractivity (Wildman–Crippen MR) is 77.6 cm³/mol. The highest BCUT2D eigenvalue weighted by Gasteiger charge is 2.08. The molecule has 2 aromatic rings. The Labute approximate surface area is 118 Å². The van der Waals surface area contributed by atoms with E-state index < -0.39 is 6.10 Å². The van der Waals surface area contributed by atoms with E-state index in [-0.39, 0.29) is 5.82 Å². The molecule has 0 aliphatic carbocycles. The molecule has 2 N–H and O–H groups in total. The topological polar surface area (TPSA) is 41.5 Å². The molecule has 0 saturated carbocycles. The number of aryl methyl sites for hydroxylation is 1. The molecule has 4 heteroatoms. The fourth-order valence-corrected chi connectivity index (χ4v) is 1.86. The van der Waals surface area contributed by atoms with Crippen LogP contribution in [-0.2, 0) is 0 Å². The van der Waals surface area contributed by atoms with E-state index >= 15 is 0 Å². The van der Waals surface area contributed by atoms with Crippen LogP contribution in [0.3, 0.4) is 0 Å². The van der Waals surface area contributed by atoms with Crippen molar-refractivity contribution in [3.8, 4) is 5.75 Å². The van der Waals surface area contributed by atoms with Crippen LogP contribution in [0.15, 0.2) is 42.5 Å². The van der Waals surface area contributed by atoms with Crippen LogP contribution >= 0.6 is 0 Å². The summed E-state index contributed by atoms with van der Waals surface area (Å²) in [5.41, 5.74) is 2.04. The summed E-state index contributed by atoms with van der Waals surface area (Å²) in [5.74, 6) is 0.489. The first-order valence-electron chi connectivity index (χ1n) is 6.42. The van der Waals surface area contributed by atoms with Crippen molar-refractivity contribution in [1.82, 2.24) is 0 Å². The summed E-state index contributed by atoms with van der Waals surface area (Å²) in [7, 11) is 1.60. The molecular weight excluding hydrogens is 257 g/mol. The highest BCUT2D eigenvalue weighted by molar-refractivity contribution is 5.45. The van der Waals surface area contributed by atoms with Gasteiger partial charge < -0.3 is 15.2 Å². The Morgan fingerprint density at radius 2 is 1.90 bits per heavy atom. The van der Waals surface area contributed by atoms with Gasteiger partial charge in [0.25, 0.3) is 0 Å². The first-order valence-corrected chi connectivity index (χ1v) is 6.42. The molecule has 3 nitrogen and oxygen atoms in total. The average molecular weight is 275 g/mol. The van der Waals surface area contributed by atoms with Gasteiger partial charge in [-0.05, 0) is 42.3 Å². The van der Waals surface area contributed by atoms with E-state index in [0.717, 1.165) is 11.3 Å². The smallest absolute Gasteiger partial charge is 0.128 e. The molecule has 106 valence electrons. The number of rotatable bonds is 5. The van der Waals surface area contributed by atoms with Crippen molar-refractivity contribution in [1.29, 1.82) is 0 Å². The van der Waals surface area contributed by atoms with Crippen LogP contribution < -0.4 is 10.1 Å². The molecule has 0 spiro atoms. The number of aliphatic hydroxyl groups excluding tert-OH is 1. The van der Waals surface area contributed by atoms with Crippen molar-refractivity contribution in [3.05, 3.63) is 59.4 Å². The molecular formula is C16H18FNO2. The van der Waals surface area contributed by atoms with E-state index in [4.69, 9.17) is 4.74 Å². The van der Waals surface area contributed by atoms with Crippen molar-refractivity contribution in [2.24, 2.45) is 0 Å². The van der Waals surface area contributed by atoms with Gasteiger partial charge in [0.05, 0.1) is 13.2 Å². The number of ether oxygens (including phenoxy) is 1. The van der Waals surface area contributed by atoms with Crippen molar-refractivity contribution >= 4 is 5.69 Å². The first-order chi connectivity index (χ1) is 9.60. The van der Waals surface area contributed by atoms with E-state index in [0.29, 0.717) is 17.8 Å². The lowest BCUT2D eigenvalue weighted by atomic mass is 10.1. The summed E-state index contributed by atoms with van der Waals surface area (Å²) in [6.07, 6.45) is -0.662. The minimum absolute atomic E-state index is 0.256. The molecule has 1 atom stereocenters. The second-order valence-electron chi connectivity index (χ2n) is 4.63. The molecule has 0 aromatic heterocycles. The van der Waals surface area contributed by atoms with Gasteiger partial charge >= 0.3 is 0 Å². The number of hydrogen-bond acceptors (Lipinski definition) is 3.